The molecule has 1 heterocycles. The lowest BCUT2D eigenvalue weighted by atomic mass is 9.95. The summed E-state index contributed by atoms with van der Waals surface area (Å²) in [7, 11) is -4.52. The van der Waals surface area contributed by atoms with E-state index in [1.165, 1.54) is 6.07 Å². The van der Waals surface area contributed by atoms with Crippen molar-refractivity contribution >= 4 is 67.9 Å². The molecule has 0 amide bonds. The molecule has 0 aromatic carbocycles. The highest BCUT2D eigenvalue weighted by molar-refractivity contribution is 7.86. The van der Waals surface area contributed by atoms with Crippen molar-refractivity contribution in [2.75, 3.05) is 0 Å². The Labute approximate surface area is 161 Å². The summed E-state index contributed by atoms with van der Waals surface area (Å²) < 4.78 is 33.8. The van der Waals surface area contributed by atoms with Crippen LogP contribution in [0.15, 0.2) is 17.7 Å². The van der Waals surface area contributed by atoms with Gasteiger partial charge in [0.15, 0.2) is 0 Å². The summed E-state index contributed by atoms with van der Waals surface area (Å²) >= 11 is 25.7. The predicted molar refractivity (Wildman–Crippen MR) is 101 cm³/mol. The summed E-state index contributed by atoms with van der Waals surface area (Å²) in [6.07, 6.45) is 3.07. The smallest absolute Gasteiger partial charge is 0.273 e. The molecule has 9 heteroatoms. The molecule has 23 heavy (non-hydrogen) atoms. The quantitative estimate of drug-likeness (QED) is 0.306. The van der Waals surface area contributed by atoms with Crippen LogP contribution >= 0.6 is 57.7 Å². The van der Waals surface area contributed by atoms with Gasteiger partial charge in [0.25, 0.3) is 10.1 Å². The third kappa shape index (κ3) is 6.07. The molecule has 1 aromatic heterocycles. The minimum absolute atomic E-state index is 0.165. The van der Waals surface area contributed by atoms with Crippen LogP contribution in [0.1, 0.15) is 44.4 Å². The lowest BCUT2D eigenvalue weighted by Gasteiger charge is -2.32. The summed E-state index contributed by atoms with van der Waals surface area (Å²) in [5.41, 5.74) is 1.29. The Balaban J connectivity index is 3.17. The van der Waals surface area contributed by atoms with Crippen molar-refractivity contribution in [2.24, 2.45) is 0 Å². The van der Waals surface area contributed by atoms with Gasteiger partial charge in [-0.25, -0.2) is 0 Å². The second kappa shape index (κ2) is 8.26. The van der Waals surface area contributed by atoms with E-state index in [0.717, 1.165) is 16.9 Å². The van der Waals surface area contributed by atoms with Crippen LogP contribution in [0, 0.1) is 0 Å². The maximum absolute atomic E-state index is 11.9. The van der Waals surface area contributed by atoms with Gasteiger partial charge >= 0.3 is 0 Å². The minimum atomic E-state index is -4.52. The Morgan fingerprint density at radius 3 is 2.39 bits per heavy atom. The van der Waals surface area contributed by atoms with E-state index >= 15 is 0 Å². The van der Waals surface area contributed by atoms with E-state index in [4.69, 9.17) is 46.4 Å². The largest absolute Gasteiger partial charge is 0.285 e. The fourth-order valence-corrected chi connectivity index (χ4v) is 5.86. The summed E-state index contributed by atoms with van der Waals surface area (Å²) in [4.78, 5) is -1.06. The average molecular weight is 440 g/mol. The zero-order chi connectivity index (χ0) is 18.0. The fourth-order valence-electron chi connectivity index (χ4n) is 2.11. The van der Waals surface area contributed by atoms with Gasteiger partial charge in [-0.2, -0.15) is 8.42 Å². The second-order valence-corrected chi connectivity index (χ2v) is 10.9. The number of alkyl halides is 2. The van der Waals surface area contributed by atoms with Gasteiger partial charge in [0.2, 0.25) is 0 Å². The molecule has 3 nitrogen and oxygen atoms in total. The van der Waals surface area contributed by atoms with Gasteiger partial charge in [-0.1, -0.05) is 34.9 Å². The first-order valence-electron chi connectivity index (χ1n) is 6.73. The average Bonchev–Trinajstić information content (AvgIpc) is 2.65. The van der Waals surface area contributed by atoms with Gasteiger partial charge < -0.3 is 0 Å². The van der Waals surface area contributed by atoms with Crippen molar-refractivity contribution in [1.29, 1.82) is 0 Å². The predicted octanol–water partition coefficient (Wildman–Crippen LogP) is 6.34. The first kappa shape index (κ1) is 21.6. The molecule has 132 valence electrons. The molecule has 0 fully saturated rings. The van der Waals surface area contributed by atoms with Crippen LogP contribution in [0.25, 0.3) is 0 Å². The van der Waals surface area contributed by atoms with Gasteiger partial charge in [0.1, 0.15) is 5.25 Å². The lowest BCUT2D eigenvalue weighted by Crippen LogP contribution is -2.37. The zero-order valence-electron chi connectivity index (χ0n) is 12.8. The molecule has 0 unspecified atom stereocenters. The summed E-state index contributed by atoms with van der Waals surface area (Å²) in [5.74, 6) is 0. The van der Waals surface area contributed by atoms with Crippen LogP contribution in [-0.2, 0) is 10.1 Å². The Morgan fingerprint density at radius 2 is 2.00 bits per heavy atom. The highest BCUT2D eigenvalue weighted by Gasteiger charge is 2.44. The van der Waals surface area contributed by atoms with E-state index in [1.807, 2.05) is 19.9 Å². The third-order valence-corrected chi connectivity index (χ3v) is 7.44. The van der Waals surface area contributed by atoms with Crippen molar-refractivity contribution in [3.05, 3.63) is 32.0 Å². The molecule has 1 aromatic rings. The van der Waals surface area contributed by atoms with E-state index < -0.39 is 25.6 Å². The highest BCUT2D eigenvalue weighted by Crippen LogP contribution is 2.46. The summed E-state index contributed by atoms with van der Waals surface area (Å²) in [6.45, 7) is 5.56. The molecule has 0 aliphatic carbocycles. The molecule has 1 rings (SSSR count). The van der Waals surface area contributed by atoms with Gasteiger partial charge in [-0.05, 0) is 39.7 Å². The van der Waals surface area contributed by atoms with Crippen LogP contribution in [0.4, 0.5) is 0 Å². The van der Waals surface area contributed by atoms with Crippen molar-refractivity contribution in [2.45, 2.75) is 49.1 Å². The topological polar surface area (TPSA) is 54.4 Å². The Morgan fingerprint density at radius 1 is 1.43 bits per heavy atom. The molecule has 0 radical (unpaired) electrons. The summed E-state index contributed by atoms with van der Waals surface area (Å²) in [5, 5.41) is -2.54. The van der Waals surface area contributed by atoms with E-state index in [-0.39, 0.29) is 9.90 Å². The normalized spacial score (nSPS) is 17.4. The highest BCUT2D eigenvalue weighted by atomic mass is 35.5. The van der Waals surface area contributed by atoms with Crippen LogP contribution < -0.4 is 0 Å². The zero-order valence-corrected chi connectivity index (χ0v) is 17.5. The van der Waals surface area contributed by atoms with Crippen LogP contribution in [0.2, 0.25) is 8.67 Å². The minimum Gasteiger partial charge on any atom is -0.285 e. The monoisotopic (exact) mass is 438 g/mol. The first-order valence-corrected chi connectivity index (χ1v) is 10.6. The van der Waals surface area contributed by atoms with Crippen molar-refractivity contribution in [1.82, 2.24) is 0 Å². The van der Waals surface area contributed by atoms with Gasteiger partial charge in [0, 0.05) is 5.56 Å². The van der Waals surface area contributed by atoms with E-state index in [9.17, 15) is 13.0 Å². The van der Waals surface area contributed by atoms with Crippen molar-refractivity contribution in [3.63, 3.8) is 0 Å². The number of allylic oxidation sites excluding steroid dienone is 2. The van der Waals surface area contributed by atoms with Gasteiger partial charge in [-0.3, -0.25) is 4.55 Å². The Kier molecular flexibility index (Phi) is 7.74. The van der Waals surface area contributed by atoms with Crippen LogP contribution in [0.5, 0.6) is 0 Å². The van der Waals surface area contributed by atoms with Crippen molar-refractivity contribution in [3.8, 4) is 0 Å². The molecule has 3 atom stereocenters. The molecule has 0 aliphatic rings. The first-order chi connectivity index (χ1) is 10.4. The molecule has 0 spiro atoms. The van der Waals surface area contributed by atoms with Crippen LogP contribution in [0.3, 0.4) is 0 Å². The van der Waals surface area contributed by atoms with E-state index in [1.54, 1.807) is 6.92 Å². The van der Waals surface area contributed by atoms with E-state index in [2.05, 4.69) is 0 Å². The maximum atomic E-state index is 11.9. The molecule has 0 aliphatic heterocycles. The number of thiophene rings is 1. The molecule has 0 saturated heterocycles. The standard InChI is InChI=1S/C14H18Cl4O3S2/c1-8(2)5-4-6-14(3,18)12(16)11(23(19,20)21)9-7-10(15)22-13(9)17/h5,7,11-12H,4,6H2,1-3H3,(H,19,20,21)/t11-,12-,14-/m0/s1. The molecule has 1 N–H and O–H groups in total. The van der Waals surface area contributed by atoms with Gasteiger partial charge in [-0.15, -0.1) is 34.5 Å². The SMILES string of the molecule is CC(C)=CCC[C@](C)(Cl)[C@@H](Cl)[C@H](c1cc(Cl)sc1Cl)S(=O)(=O)O. The second-order valence-electron chi connectivity index (χ2n) is 5.72. The molecular weight excluding hydrogens is 422 g/mol. The number of rotatable bonds is 7. The van der Waals surface area contributed by atoms with Crippen molar-refractivity contribution < 1.29 is 13.0 Å². The molecule has 0 bridgehead atoms. The molecular formula is C14H18Cl4O3S2. The number of hydrogen-bond donors (Lipinski definition) is 1. The van der Waals surface area contributed by atoms with Crippen LogP contribution in [-0.4, -0.2) is 23.2 Å². The Bertz CT molecular complexity index is 676. The maximum Gasteiger partial charge on any atom is 0.273 e. The number of hydrogen-bond acceptors (Lipinski definition) is 3. The fraction of sp³-hybridized carbons (Fsp3) is 0.571. The summed E-state index contributed by atoms with van der Waals surface area (Å²) in [6, 6.07) is 1.39. The molecule has 0 saturated carbocycles. The number of halogens is 4. The Hall–Kier alpha value is 0.510. The van der Waals surface area contributed by atoms with E-state index in [0.29, 0.717) is 17.2 Å². The lowest BCUT2D eigenvalue weighted by molar-refractivity contribution is 0.446. The van der Waals surface area contributed by atoms with Gasteiger partial charge in [0.05, 0.1) is 18.9 Å². The third-order valence-electron chi connectivity index (χ3n) is 3.34.